The van der Waals surface area contributed by atoms with Crippen LogP contribution in [0.25, 0.3) is 0 Å². The van der Waals surface area contributed by atoms with Gasteiger partial charge in [0.15, 0.2) is 0 Å². The summed E-state index contributed by atoms with van der Waals surface area (Å²) in [6.45, 7) is 6.02. The predicted molar refractivity (Wildman–Crippen MR) is 50.8 cm³/mol. The fraction of sp³-hybridized carbons (Fsp3) is 0.455. The van der Waals surface area contributed by atoms with Gasteiger partial charge in [0.1, 0.15) is 5.75 Å². The second-order valence-corrected chi connectivity index (χ2v) is 4.19. The van der Waals surface area contributed by atoms with E-state index in [2.05, 4.69) is 6.07 Å². The van der Waals surface area contributed by atoms with Crippen molar-refractivity contribution in [2.75, 3.05) is 0 Å². The highest BCUT2D eigenvalue weighted by Gasteiger charge is 2.40. The number of benzene rings is 1. The number of aliphatic hydroxyl groups is 1. The zero-order valence-corrected chi connectivity index (χ0v) is 8.16. The van der Waals surface area contributed by atoms with Gasteiger partial charge >= 0.3 is 0 Å². The monoisotopic (exact) mass is 178 g/mol. The molecule has 1 N–H and O–H groups in total. The van der Waals surface area contributed by atoms with Crippen molar-refractivity contribution in [3.63, 3.8) is 0 Å². The van der Waals surface area contributed by atoms with E-state index in [0.29, 0.717) is 0 Å². The molecule has 0 amide bonds. The van der Waals surface area contributed by atoms with Crippen molar-refractivity contribution >= 4 is 0 Å². The average Bonchev–Trinajstić information content (AvgIpc) is 2.27. The fourth-order valence-electron chi connectivity index (χ4n) is 1.65. The summed E-state index contributed by atoms with van der Waals surface area (Å²) in [4.78, 5) is 0. The molecule has 0 aliphatic carbocycles. The van der Waals surface area contributed by atoms with E-state index in [1.54, 1.807) is 0 Å². The van der Waals surface area contributed by atoms with E-state index < -0.39 is 6.29 Å². The minimum Gasteiger partial charge on any atom is -0.464 e. The lowest BCUT2D eigenvalue weighted by atomic mass is 9.85. The molecule has 0 radical (unpaired) electrons. The van der Waals surface area contributed by atoms with Crippen LogP contribution in [-0.2, 0) is 5.41 Å². The third-order valence-electron chi connectivity index (χ3n) is 2.69. The lowest BCUT2D eigenvalue weighted by Crippen LogP contribution is -2.31. The Morgan fingerprint density at radius 1 is 1.38 bits per heavy atom. The van der Waals surface area contributed by atoms with Crippen molar-refractivity contribution in [1.82, 2.24) is 0 Å². The Hall–Kier alpha value is -1.02. The summed E-state index contributed by atoms with van der Waals surface area (Å²) in [5, 5.41) is 9.65. The molecule has 0 aromatic heterocycles. The second kappa shape index (κ2) is 2.48. The zero-order valence-electron chi connectivity index (χ0n) is 8.16. The summed E-state index contributed by atoms with van der Waals surface area (Å²) in [6, 6.07) is 5.99. The van der Waals surface area contributed by atoms with Gasteiger partial charge in [-0.2, -0.15) is 0 Å². The van der Waals surface area contributed by atoms with Gasteiger partial charge in [0.25, 0.3) is 0 Å². The molecule has 1 aliphatic heterocycles. The Morgan fingerprint density at radius 3 is 2.77 bits per heavy atom. The van der Waals surface area contributed by atoms with Gasteiger partial charge in [-0.25, -0.2) is 0 Å². The highest BCUT2D eigenvalue weighted by molar-refractivity contribution is 5.45. The number of aliphatic hydroxyl groups excluding tert-OH is 1. The largest absolute Gasteiger partial charge is 0.464 e. The molecule has 0 spiro atoms. The van der Waals surface area contributed by atoms with Crippen molar-refractivity contribution in [3.8, 4) is 5.75 Å². The molecule has 0 fully saturated rings. The molecule has 0 saturated carbocycles. The molecule has 0 bridgehead atoms. The third-order valence-corrected chi connectivity index (χ3v) is 2.69. The first-order chi connectivity index (χ1) is 6.01. The van der Waals surface area contributed by atoms with Crippen LogP contribution in [0.5, 0.6) is 5.75 Å². The van der Waals surface area contributed by atoms with Crippen LogP contribution in [0, 0.1) is 6.92 Å². The highest BCUT2D eigenvalue weighted by Crippen LogP contribution is 2.41. The van der Waals surface area contributed by atoms with Crippen molar-refractivity contribution in [2.24, 2.45) is 0 Å². The highest BCUT2D eigenvalue weighted by atomic mass is 16.6. The van der Waals surface area contributed by atoms with E-state index >= 15 is 0 Å². The maximum atomic E-state index is 9.65. The summed E-state index contributed by atoms with van der Waals surface area (Å²) in [7, 11) is 0. The number of fused-ring (bicyclic) bond motifs is 1. The third kappa shape index (κ3) is 1.13. The van der Waals surface area contributed by atoms with Gasteiger partial charge in [-0.05, 0) is 26.8 Å². The Balaban J connectivity index is 2.57. The fourth-order valence-corrected chi connectivity index (χ4v) is 1.65. The smallest absolute Gasteiger partial charge is 0.206 e. The van der Waals surface area contributed by atoms with Crippen LogP contribution >= 0.6 is 0 Å². The van der Waals surface area contributed by atoms with Gasteiger partial charge in [0, 0.05) is 5.56 Å². The zero-order chi connectivity index (χ0) is 9.64. The first-order valence-electron chi connectivity index (χ1n) is 4.47. The van der Waals surface area contributed by atoms with Crippen LogP contribution in [0.1, 0.15) is 25.0 Å². The maximum absolute atomic E-state index is 9.65. The maximum Gasteiger partial charge on any atom is 0.206 e. The Labute approximate surface area is 78.2 Å². The van der Waals surface area contributed by atoms with Crippen LogP contribution < -0.4 is 4.74 Å². The van der Waals surface area contributed by atoms with Crippen LogP contribution in [-0.4, -0.2) is 11.4 Å². The van der Waals surface area contributed by atoms with E-state index in [-0.39, 0.29) is 5.41 Å². The number of hydrogen-bond donors (Lipinski definition) is 1. The Bertz CT molecular complexity index is 342. The minimum absolute atomic E-state index is 0.290. The molecular weight excluding hydrogens is 164 g/mol. The standard InChI is InChI=1S/C11H14O2/c1-7-4-5-9-8(6-7)11(2,3)10(12)13-9/h4-6,10,12H,1-3H3. The number of rotatable bonds is 0. The van der Waals surface area contributed by atoms with Gasteiger partial charge in [0.2, 0.25) is 6.29 Å². The molecule has 2 heteroatoms. The lowest BCUT2D eigenvalue weighted by Gasteiger charge is -2.20. The molecule has 2 nitrogen and oxygen atoms in total. The summed E-state index contributed by atoms with van der Waals surface area (Å²) in [5.41, 5.74) is 2.01. The van der Waals surface area contributed by atoms with Gasteiger partial charge in [-0.1, -0.05) is 17.7 Å². The summed E-state index contributed by atoms with van der Waals surface area (Å²) in [5.74, 6) is 0.808. The molecule has 70 valence electrons. The average molecular weight is 178 g/mol. The number of aryl methyl sites for hydroxylation is 1. The van der Waals surface area contributed by atoms with Crippen LogP contribution in [0.4, 0.5) is 0 Å². The normalized spacial score (nSPS) is 23.8. The lowest BCUT2D eigenvalue weighted by molar-refractivity contribution is -0.0450. The Morgan fingerprint density at radius 2 is 2.08 bits per heavy atom. The molecule has 1 heterocycles. The van der Waals surface area contributed by atoms with E-state index in [4.69, 9.17) is 4.74 Å². The molecule has 2 rings (SSSR count). The number of ether oxygens (including phenoxy) is 1. The minimum atomic E-state index is -0.718. The van der Waals surface area contributed by atoms with E-state index in [9.17, 15) is 5.11 Å². The molecule has 1 aromatic rings. The van der Waals surface area contributed by atoms with Crippen molar-refractivity contribution in [1.29, 1.82) is 0 Å². The SMILES string of the molecule is Cc1ccc2c(c1)C(C)(C)C(O)O2. The van der Waals surface area contributed by atoms with Crippen LogP contribution in [0.2, 0.25) is 0 Å². The molecule has 1 aromatic carbocycles. The summed E-state index contributed by atoms with van der Waals surface area (Å²) in [6.07, 6.45) is -0.718. The van der Waals surface area contributed by atoms with Gasteiger partial charge in [0.05, 0.1) is 5.41 Å². The van der Waals surface area contributed by atoms with Crippen molar-refractivity contribution in [3.05, 3.63) is 29.3 Å². The molecule has 13 heavy (non-hydrogen) atoms. The molecule has 0 saturated heterocycles. The number of hydrogen-bond acceptors (Lipinski definition) is 2. The van der Waals surface area contributed by atoms with Crippen molar-refractivity contribution < 1.29 is 9.84 Å². The van der Waals surface area contributed by atoms with Crippen LogP contribution in [0.15, 0.2) is 18.2 Å². The van der Waals surface area contributed by atoms with Crippen molar-refractivity contribution in [2.45, 2.75) is 32.5 Å². The van der Waals surface area contributed by atoms with Crippen LogP contribution in [0.3, 0.4) is 0 Å². The van der Waals surface area contributed by atoms with E-state index in [1.165, 1.54) is 5.56 Å². The topological polar surface area (TPSA) is 29.5 Å². The first kappa shape index (κ1) is 8.57. The molecule has 1 atom stereocenters. The summed E-state index contributed by atoms with van der Waals surface area (Å²) < 4.78 is 5.33. The summed E-state index contributed by atoms with van der Waals surface area (Å²) >= 11 is 0. The first-order valence-corrected chi connectivity index (χ1v) is 4.47. The Kier molecular flexibility index (Phi) is 1.64. The molecule has 1 unspecified atom stereocenters. The van der Waals surface area contributed by atoms with Gasteiger partial charge in [-0.3, -0.25) is 0 Å². The van der Waals surface area contributed by atoms with E-state index in [1.807, 2.05) is 32.9 Å². The van der Waals surface area contributed by atoms with Gasteiger partial charge < -0.3 is 9.84 Å². The predicted octanol–water partition coefficient (Wildman–Crippen LogP) is 1.98. The second-order valence-electron chi connectivity index (χ2n) is 4.19. The molecular formula is C11H14O2. The van der Waals surface area contributed by atoms with E-state index in [0.717, 1.165) is 11.3 Å². The molecule has 1 aliphatic rings. The van der Waals surface area contributed by atoms with Gasteiger partial charge in [-0.15, -0.1) is 0 Å². The quantitative estimate of drug-likeness (QED) is 0.658.